The minimum atomic E-state index is 0.672. The summed E-state index contributed by atoms with van der Waals surface area (Å²) in [5, 5.41) is 7.63. The fourth-order valence-corrected chi connectivity index (χ4v) is 2.82. The van der Waals surface area contributed by atoms with E-state index >= 15 is 0 Å². The van der Waals surface area contributed by atoms with E-state index in [1.54, 1.807) is 32.6 Å². The van der Waals surface area contributed by atoms with Gasteiger partial charge in [-0.2, -0.15) is 0 Å². The second-order valence-corrected chi connectivity index (χ2v) is 6.13. The molecule has 0 radical (unpaired) electrons. The lowest BCUT2D eigenvalue weighted by Crippen LogP contribution is -2.32. The molecule has 1 heterocycles. The van der Waals surface area contributed by atoms with Crippen molar-refractivity contribution in [3.63, 3.8) is 0 Å². The number of nitrogens with one attached hydrogen (secondary N) is 2. The number of hydrogen-bond donors (Lipinski definition) is 2. The van der Waals surface area contributed by atoms with Crippen LogP contribution >= 0.6 is 11.3 Å². The van der Waals surface area contributed by atoms with E-state index in [-0.39, 0.29) is 0 Å². The van der Waals surface area contributed by atoms with E-state index in [2.05, 4.69) is 27.5 Å². The molecule has 0 fully saturated rings. The third-order valence-corrected chi connectivity index (χ3v) is 4.14. The molecule has 0 aliphatic carbocycles. The molecule has 0 aliphatic heterocycles. The van der Waals surface area contributed by atoms with Crippen molar-refractivity contribution in [1.82, 2.24) is 10.3 Å². The van der Waals surface area contributed by atoms with Crippen LogP contribution < -0.4 is 20.1 Å². The Kier molecular flexibility index (Phi) is 6.22. The van der Waals surface area contributed by atoms with Gasteiger partial charge in [0.2, 0.25) is 0 Å². The molecule has 1 aromatic heterocycles. The summed E-state index contributed by atoms with van der Waals surface area (Å²) < 4.78 is 10.5. The molecule has 1 aromatic carbocycles. The van der Waals surface area contributed by atoms with Gasteiger partial charge in [-0.1, -0.05) is 0 Å². The zero-order chi connectivity index (χ0) is 16.7. The summed E-state index contributed by atoms with van der Waals surface area (Å²) in [4.78, 5) is 9.80. The summed E-state index contributed by atoms with van der Waals surface area (Å²) >= 11 is 1.72. The number of rotatable bonds is 6. The van der Waals surface area contributed by atoms with Gasteiger partial charge in [-0.05, 0) is 19.1 Å². The molecule has 0 amide bonds. The Balaban J connectivity index is 1.91. The largest absolute Gasteiger partial charge is 0.493 e. The molecule has 2 N–H and O–H groups in total. The summed E-state index contributed by atoms with van der Waals surface area (Å²) in [7, 11) is 4.97. The molecule has 0 spiro atoms. The van der Waals surface area contributed by atoms with Crippen molar-refractivity contribution in [3.8, 4) is 11.5 Å². The Morgan fingerprint density at radius 2 is 2.04 bits per heavy atom. The van der Waals surface area contributed by atoms with E-state index in [9.17, 15) is 0 Å². The molecule has 0 aliphatic rings. The molecule has 6 nitrogen and oxygen atoms in total. The van der Waals surface area contributed by atoms with Crippen LogP contribution in [0.1, 0.15) is 9.88 Å². The maximum atomic E-state index is 5.30. The van der Waals surface area contributed by atoms with Crippen LogP contribution in [0.15, 0.2) is 29.4 Å². The first-order valence-electron chi connectivity index (χ1n) is 7.27. The average molecular weight is 334 g/mol. The number of aromatic nitrogens is 1. The SMILES string of the molecule is CN=C(NCCc1ncc(C)s1)Nc1ccc(OC)c(OC)c1. The number of guanidine groups is 1. The van der Waals surface area contributed by atoms with Crippen LogP contribution in [0.2, 0.25) is 0 Å². The molecule has 0 saturated heterocycles. The average Bonchev–Trinajstić information content (AvgIpc) is 2.99. The van der Waals surface area contributed by atoms with Crippen LogP contribution in [0.5, 0.6) is 11.5 Å². The molecule has 2 aromatic rings. The minimum absolute atomic E-state index is 0.672. The number of nitrogens with zero attached hydrogens (tertiary/aromatic N) is 2. The maximum absolute atomic E-state index is 5.30. The van der Waals surface area contributed by atoms with Crippen LogP contribution in [-0.2, 0) is 6.42 Å². The van der Waals surface area contributed by atoms with Gasteiger partial charge in [0.1, 0.15) is 0 Å². The highest BCUT2D eigenvalue weighted by atomic mass is 32.1. The second-order valence-electron chi connectivity index (χ2n) is 4.81. The number of ether oxygens (including phenoxy) is 2. The Hall–Kier alpha value is -2.28. The van der Waals surface area contributed by atoms with Gasteiger partial charge < -0.3 is 20.1 Å². The summed E-state index contributed by atoms with van der Waals surface area (Å²) in [5.74, 6) is 2.07. The Bertz CT molecular complexity index is 670. The molecule has 0 unspecified atom stereocenters. The van der Waals surface area contributed by atoms with Gasteiger partial charge in [-0.3, -0.25) is 4.99 Å². The summed E-state index contributed by atoms with van der Waals surface area (Å²) in [6, 6.07) is 5.64. The molecule has 124 valence electrons. The highest BCUT2D eigenvalue weighted by Crippen LogP contribution is 2.29. The first-order chi connectivity index (χ1) is 11.2. The normalized spacial score (nSPS) is 11.2. The predicted octanol–water partition coefficient (Wildman–Crippen LogP) is 2.70. The lowest BCUT2D eigenvalue weighted by molar-refractivity contribution is 0.355. The summed E-state index contributed by atoms with van der Waals surface area (Å²) in [6.07, 6.45) is 2.77. The molecule has 7 heteroatoms. The number of aryl methyl sites for hydroxylation is 1. The Morgan fingerprint density at radius 3 is 2.65 bits per heavy atom. The Morgan fingerprint density at radius 1 is 1.26 bits per heavy atom. The fourth-order valence-electron chi connectivity index (χ4n) is 2.03. The lowest BCUT2D eigenvalue weighted by atomic mass is 10.3. The maximum Gasteiger partial charge on any atom is 0.195 e. The zero-order valence-electron chi connectivity index (χ0n) is 13.8. The van der Waals surface area contributed by atoms with Crippen LogP contribution in [0.25, 0.3) is 0 Å². The highest BCUT2D eigenvalue weighted by molar-refractivity contribution is 7.11. The number of aliphatic imine (C=N–C) groups is 1. The molecule has 0 saturated carbocycles. The predicted molar refractivity (Wildman–Crippen MR) is 95.1 cm³/mol. The van der Waals surface area contributed by atoms with Crippen LogP contribution in [0.4, 0.5) is 5.69 Å². The smallest absolute Gasteiger partial charge is 0.195 e. The van der Waals surface area contributed by atoms with Gasteiger partial charge in [-0.15, -0.1) is 11.3 Å². The quantitative estimate of drug-likeness (QED) is 0.628. The number of hydrogen-bond acceptors (Lipinski definition) is 5. The van der Waals surface area contributed by atoms with Crippen LogP contribution in [0, 0.1) is 6.92 Å². The second kappa shape index (κ2) is 8.38. The first-order valence-corrected chi connectivity index (χ1v) is 8.09. The van der Waals surface area contributed by atoms with Crippen LogP contribution in [0.3, 0.4) is 0 Å². The van der Waals surface area contributed by atoms with Gasteiger partial charge >= 0.3 is 0 Å². The fraction of sp³-hybridized carbons (Fsp3) is 0.375. The number of benzene rings is 1. The molecule has 0 bridgehead atoms. The van der Waals surface area contributed by atoms with Crippen molar-refractivity contribution in [2.45, 2.75) is 13.3 Å². The zero-order valence-corrected chi connectivity index (χ0v) is 14.7. The number of methoxy groups -OCH3 is 2. The van der Waals surface area contributed by atoms with Crippen molar-refractivity contribution in [3.05, 3.63) is 34.3 Å². The van der Waals surface area contributed by atoms with E-state index in [4.69, 9.17) is 9.47 Å². The third-order valence-electron chi connectivity index (χ3n) is 3.17. The van der Waals surface area contributed by atoms with Gasteiger partial charge in [0, 0.05) is 42.8 Å². The minimum Gasteiger partial charge on any atom is -0.493 e. The van der Waals surface area contributed by atoms with E-state index in [0.717, 1.165) is 23.7 Å². The summed E-state index contributed by atoms with van der Waals surface area (Å²) in [6.45, 7) is 2.83. The molecule has 2 rings (SSSR count). The third kappa shape index (κ3) is 4.85. The standard InChI is InChI=1S/C16H22N4O2S/c1-11-10-19-15(23-11)7-8-18-16(17-2)20-12-5-6-13(21-3)14(9-12)22-4/h5-6,9-10H,7-8H2,1-4H3,(H2,17,18,20). The molecule has 23 heavy (non-hydrogen) atoms. The van der Waals surface area contributed by atoms with E-state index in [0.29, 0.717) is 17.5 Å². The van der Waals surface area contributed by atoms with Crippen molar-refractivity contribution >= 4 is 23.0 Å². The van der Waals surface area contributed by atoms with E-state index in [1.807, 2.05) is 24.4 Å². The van der Waals surface area contributed by atoms with Crippen molar-refractivity contribution in [1.29, 1.82) is 0 Å². The van der Waals surface area contributed by atoms with Crippen molar-refractivity contribution in [2.75, 3.05) is 33.1 Å². The topological polar surface area (TPSA) is 67.8 Å². The van der Waals surface area contributed by atoms with E-state index in [1.165, 1.54) is 4.88 Å². The number of thiazole rings is 1. The van der Waals surface area contributed by atoms with Gasteiger partial charge in [0.15, 0.2) is 17.5 Å². The van der Waals surface area contributed by atoms with E-state index < -0.39 is 0 Å². The Labute approximate surface area is 140 Å². The van der Waals surface area contributed by atoms with Gasteiger partial charge in [0.25, 0.3) is 0 Å². The number of anilines is 1. The van der Waals surface area contributed by atoms with Crippen molar-refractivity contribution in [2.24, 2.45) is 4.99 Å². The highest BCUT2D eigenvalue weighted by Gasteiger charge is 2.06. The van der Waals surface area contributed by atoms with Crippen LogP contribution in [-0.4, -0.2) is 38.8 Å². The lowest BCUT2D eigenvalue weighted by Gasteiger charge is -2.13. The molecule has 0 atom stereocenters. The van der Waals surface area contributed by atoms with Gasteiger partial charge in [-0.25, -0.2) is 4.98 Å². The monoisotopic (exact) mass is 334 g/mol. The molecular formula is C16H22N4O2S. The first kappa shape index (κ1) is 17.1. The van der Waals surface area contributed by atoms with Crippen molar-refractivity contribution < 1.29 is 9.47 Å². The summed E-state index contributed by atoms with van der Waals surface area (Å²) in [5.41, 5.74) is 0.876. The molecular weight excluding hydrogens is 312 g/mol. The van der Waals surface area contributed by atoms with Gasteiger partial charge in [0.05, 0.1) is 19.2 Å².